The Balaban J connectivity index is 2.15. The highest BCUT2D eigenvalue weighted by Gasteiger charge is 2.16. The number of ether oxygens (including phenoxy) is 1. The fraction of sp³-hybridized carbons (Fsp3) is 0.417. The van der Waals surface area contributed by atoms with E-state index in [1.54, 1.807) is 0 Å². The van der Waals surface area contributed by atoms with Crippen LogP contribution in [0, 0.1) is 18.3 Å². The van der Waals surface area contributed by atoms with Crippen LogP contribution in [-0.2, 0) is 0 Å². The Bertz CT molecular complexity index is 389. The van der Waals surface area contributed by atoms with Crippen LogP contribution in [0.15, 0.2) is 18.2 Å². The molecule has 1 aliphatic heterocycles. The minimum atomic E-state index is 0.248. The van der Waals surface area contributed by atoms with Gasteiger partial charge in [0.25, 0.3) is 0 Å². The topological polar surface area (TPSA) is 45.0 Å². The van der Waals surface area contributed by atoms with Crippen molar-refractivity contribution in [3.63, 3.8) is 0 Å². The summed E-state index contributed by atoms with van der Waals surface area (Å²) in [5.74, 6) is 0.836. The lowest BCUT2D eigenvalue weighted by Crippen LogP contribution is -2.19. The van der Waals surface area contributed by atoms with Crippen molar-refractivity contribution < 1.29 is 4.74 Å². The van der Waals surface area contributed by atoms with Crippen molar-refractivity contribution in [1.82, 2.24) is 5.32 Å². The van der Waals surface area contributed by atoms with Crippen LogP contribution >= 0.6 is 0 Å². The molecule has 2 rings (SSSR count). The fourth-order valence-corrected chi connectivity index (χ4v) is 1.70. The largest absolute Gasteiger partial charge is 0.489 e. The number of hydrogen-bond acceptors (Lipinski definition) is 3. The van der Waals surface area contributed by atoms with Gasteiger partial charge in [0.1, 0.15) is 11.9 Å². The third-order valence-corrected chi connectivity index (χ3v) is 2.63. The second kappa shape index (κ2) is 4.33. The van der Waals surface area contributed by atoms with Gasteiger partial charge in [0, 0.05) is 6.54 Å². The van der Waals surface area contributed by atoms with Crippen molar-refractivity contribution in [3.8, 4) is 11.8 Å². The molecule has 0 bridgehead atoms. The summed E-state index contributed by atoms with van der Waals surface area (Å²) in [5, 5.41) is 12.0. The lowest BCUT2D eigenvalue weighted by atomic mass is 10.1. The van der Waals surface area contributed by atoms with Crippen LogP contribution < -0.4 is 10.1 Å². The minimum Gasteiger partial charge on any atom is -0.489 e. The number of nitrogens with one attached hydrogen (secondary N) is 1. The molecule has 0 spiro atoms. The van der Waals surface area contributed by atoms with Gasteiger partial charge in [-0.3, -0.25) is 0 Å². The van der Waals surface area contributed by atoms with Crippen LogP contribution in [0.25, 0.3) is 0 Å². The molecule has 0 aliphatic carbocycles. The summed E-state index contributed by atoms with van der Waals surface area (Å²) in [4.78, 5) is 0. The van der Waals surface area contributed by atoms with E-state index in [-0.39, 0.29) is 6.10 Å². The number of aryl methyl sites for hydroxylation is 1. The van der Waals surface area contributed by atoms with E-state index in [4.69, 9.17) is 10.00 Å². The highest BCUT2D eigenvalue weighted by atomic mass is 16.5. The maximum Gasteiger partial charge on any atom is 0.124 e. The molecule has 0 aromatic heterocycles. The average Bonchev–Trinajstić information content (AvgIpc) is 2.74. The highest BCUT2D eigenvalue weighted by Crippen LogP contribution is 2.21. The Morgan fingerprint density at radius 3 is 3.07 bits per heavy atom. The first-order chi connectivity index (χ1) is 7.29. The van der Waals surface area contributed by atoms with E-state index in [1.807, 2.05) is 25.1 Å². The first-order valence-corrected chi connectivity index (χ1v) is 5.18. The van der Waals surface area contributed by atoms with E-state index in [0.717, 1.165) is 30.8 Å². The third kappa shape index (κ3) is 2.28. The summed E-state index contributed by atoms with van der Waals surface area (Å²) in [6.45, 7) is 3.91. The molecule has 3 nitrogen and oxygen atoms in total. The molecule has 3 heteroatoms. The zero-order valence-corrected chi connectivity index (χ0v) is 8.79. The SMILES string of the molecule is Cc1ccc(C#N)cc1OC1CCNC1. The number of benzene rings is 1. The second-order valence-corrected chi connectivity index (χ2v) is 3.82. The Hall–Kier alpha value is -1.53. The van der Waals surface area contributed by atoms with E-state index in [2.05, 4.69) is 11.4 Å². The molecule has 0 radical (unpaired) electrons. The smallest absolute Gasteiger partial charge is 0.124 e. The summed E-state index contributed by atoms with van der Waals surface area (Å²) in [6, 6.07) is 7.68. The predicted octanol–water partition coefficient (Wildman–Crippen LogP) is 1.61. The molecule has 1 aromatic carbocycles. The van der Waals surface area contributed by atoms with E-state index in [1.165, 1.54) is 0 Å². The van der Waals surface area contributed by atoms with E-state index in [9.17, 15) is 0 Å². The Morgan fingerprint density at radius 2 is 2.40 bits per heavy atom. The number of rotatable bonds is 2. The van der Waals surface area contributed by atoms with Crippen molar-refractivity contribution in [2.24, 2.45) is 0 Å². The van der Waals surface area contributed by atoms with E-state index < -0.39 is 0 Å². The lowest BCUT2D eigenvalue weighted by Gasteiger charge is -2.14. The van der Waals surface area contributed by atoms with E-state index in [0.29, 0.717) is 5.56 Å². The van der Waals surface area contributed by atoms with Gasteiger partial charge in [0.2, 0.25) is 0 Å². The maximum atomic E-state index is 8.80. The zero-order chi connectivity index (χ0) is 10.7. The molecule has 1 fully saturated rings. The van der Waals surface area contributed by atoms with Gasteiger partial charge in [-0.1, -0.05) is 6.07 Å². The summed E-state index contributed by atoms with van der Waals surface area (Å²) in [7, 11) is 0. The molecule has 1 unspecified atom stereocenters. The molecule has 15 heavy (non-hydrogen) atoms. The minimum absolute atomic E-state index is 0.248. The number of hydrogen-bond donors (Lipinski definition) is 1. The first kappa shape index (κ1) is 10.0. The van der Waals surface area contributed by atoms with Crippen molar-refractivity contribution in [3.05, 3.63) is 29.3 Å². The summed E-state index contributed by atoms with van der Waals surface area (Å²) in [5.41, 5.74) is 1.74. The predicted molar refractivity (Wildman–Crippen MR) is 57.8 cm³/mol. The monoisotopic (exact) mass is 202 g/mol. The Morgan fingerprint density at radius 1 is 1.53 bits per heavy atom. The Kier molecular flexibility index (Phi) is 2.89. The Labute approximate surface area is 89.7 Å². The van der Waals surface area contributed by atoms with Crippen molar-refractivity contribution >= 4 is 0 Å². The van der Waals surface area contributed by atoms with Crippen LogP contribution in [0.1, 0.15) is 17.5 Å². The van der Waals surface area contributed by atoms with Gasteiger partial charge in [-0.05, 0) is 37.6 Å². The van der Waals surface area contributed by atoms with Gasteiger partial charge >= 0.3 is 0 Å². The molecule has 0 saturated carbocycles. The van der Waals surface area contributed by atoms with Crippen molar-refractivity contribution in [2.45, 2.75) is 19.4 Å². The van der Waals surface area contributed by atoms with Crippen LogP contribution in [0.5, 0.6) is 5.75 Å². The molecular formula is C12H14N2O. The quantitative estimate of drug-likeness (QED) is 0.792. The van der Waals surface area contributed by atoms with Gasteiger partial charge in [-0.15, -0.1) is 0 Å². The first-order valence-electron chi connectivity index (χ1n) is 5.18. The molecule has 1 atom stereocenters. The molecule has 1 heterocycles. The maximum absolute atomic E-state index is 8.80. The zero-order valence-electron chi connectivity index (χ0n) is 8.79. The molecule has 0 amide bonds. The highest BCUT2D eigenvalue weighted by molar-refractivity contribution is 5.41. The summed E-state index contributed by atoms with van der Waals surface area (Å²) in [6.07, 6.45) is 1.29. The second-order valence-electron chi connectivity index (χ2n) is 3.82. The van der Waals surface area contributed by atoms with Gasteiger partial charge in [-0.25, -0.2) is 0 Å². The van der Waals surface area contributed by atoms with Gasteiger partial charge in [0.05, 0.1) is 11.6 Å². The summed E-state index contributed by atoms with van der Waals surface area (Å²) < 4.78 is 5.83. The van der Waals surface area contributed by atoms with Crippen molar-refractivity contribution in [1.29, 1.82) is 5.26 Å². The van der Waals surface area contributed by atoms with Crippen LogP contribution in [0.2, 0.25) is 0 Å². The molecule has 1 saturated heterocycles. The lowest BCUT2D eigenvalue weighted by molar-refractivity contribution is 0.221. The van der Waals surface area contributed by atoms with Crippen LogP contribution in [-0.4, -0.2) is 19.2 Å². The molecule has 1 aromatic rings. The normalized spacial score (nSPS) is 19.9. The van der Waals surface area contributed by atoms with Crippen LogP contribution in [0.3, 0.4) is 0 Å². The summed E-state index contributed by atoms with van der Waals surface area (Å²) >= 11 is 0. The number of nitrogens with zero attached hydrogens (tertiary/aromatic N) is 1. The third-order valence-electron chi connectivity index (χ3n) is 2.63. The van der Waals surface area contributed by atoms with Gasteiger partial charge < -0.3 is 10.1 Å². The molecule has 78 valence electrons. The average molecular weight is 202 g/mol. The van der Waals surface area contributed by atoms with Gasteiger partial charge in [-0.2, -0.15) is 5.26 Å². The van der Waals surface area contributed by atoms with E-state index >= 15 is 0 Å². The fourth-order valence-electron chi connectivity index (χ4n) is 1.70. The number of nitriles is 1. The standard InChI is InChI=1S/C12H14N2O/c1-9-2-3-10(7-13)6-12(9)15-11-4-5-14-8-11/h2-3,6,11,14H,4-5,8H2,1H3. The molecule has 1 aliphatic rings. The van der Waals surface area contributed by atoms with Crippen molar-refractivity contribution in [2.75, 3.05) is 13.1 Å². The molecular weight excluding hydrogens is 188 g/mol. The van der Waals surface area contributed by atoms with Crippen LogP contribution in [0.4, 0.5) is 0 Å². The molecule has 1 N–H and O–H groups in total. The van der Waals surface area contributed by atoms with Gasteiger partial charge in [0.15, 0.2) is 0 Å².